The van der Waals surface area contributed by atoms with Crippen LogP contribution in [0, 0.1) is 0 Å². The van der Waals surface area contributed by atoms with Crippen molar-refractivity contribution < 1.29 is 21.8 Å². The van der Waals surface area contributed by atoms with Crippen molar-refractivity contribution in [2.75, 3.05) is 6.61 Å². The van der Waals surface area contributed by atoms with Gasteiger partial charge in [-0.2, -0.15) is 0 Å². The van der Waals surface area contributed by atoms with Crippen LogP contribution in [0.4, 0.5) is 0 Å². The van der Waals surface area contributed by atoms with E-state index in [-0.39, 0.29) is 57.5 Å². The molecular formula is C9H8AlMgMnO. The number of benzene rings is 1. The Morgan fingerprint density at radius 3 is 2.54 bits per heavy atom. The molecule has 1 aliphatic heterocycles. The molecule has 1 nitrogen and oxygen atoms in total. The predicted molar refractivity (Wildman–Crippen MR) is 52.5 cm³/mol. The molecule has 2 rings (SSSR count). The molecule has 0 saturated carbocycles. The van der Waals surface area contributed by atoms with E-state index in [2.05, 4.69) is 6.08 Å². The van der Waals surface area contributed by atoms with Crippen LogP contribution in [-0.4, -0.2) is 47.0 Å². The van der Waals surface area contributed by atoms with E-state index in [1.54, 1.807) is 0 Å². The van der Waals surface area contributed by atoms with Gasteiger partial charge >= 0.3 is 0 Å². The molecule has 0 saturated heterocycles. The van der Waals surface area contributed by atoms with E-state index in [0.717, 1.165) is 5.75 Å². The van der Waals surface area contributed by atoms with Gasteiger partial charge in [0.05, 0.1) is 0 Å². The second-order valence-electron chi connectivity index (χ2n) is 2.25. The predicted octanol–water partition coefficient (Wildman–Crippen LogP) is 1.33. The Labute approximate surface area is 116 Å². The molecule has 13 heavy (non-hydrogen) atoms. The smallest absolute Gasteiger partial charge is 0.126 e. The summed E-state index contributed by atoms with van der Waals surface area (Å²) in [5.74, 6) is 0.991. The molecule has 1 aliphatic rings. The van der Waals surface area contributed by atoms with Gasteiger partial charge in [0, 0.05) is 63.0 Å². The van der Waals surface area contributed by atoms with Crippen LogP contribution in [0.2, 0.25) is 0 Å². The Bertz CT molecular complexity index is 278. The molecule has 6 radical (unpaired) electrons. The quantitative estimate of drug-likeness (QED) is 0.620. The fourth-order valence-electron chi connectivity index (χ4n) is 1.06. The minimum atomic E-state index is 0. The van der Waals surface area contributed by atoms with E-state index < -0.39 is 0 Å². The summed E-state index contributed by atoms with van der Waals surface area (Å²) in [6.07, 6.45) is 4.10. The van der Waals surface area contributed by atoms with Gasteiger partial charge in [0.2, 0.25) is 0 Å². The number of rotatable bonds is 0. The van der Waals surface area contributed by atoms with Gasteiger partial charge in [-0.15, -0.1) is 0 Å². The Hall–Kier alpha value is 0.578. The fourth-order valence-corrected chi connectivity index (χ4v) is 1.06. The first-order valence-electron chi connectivity index (χ1n) is 3.35. The van der Waals surface area contributed by atoms with E-state index in [9.17, 15) is 0 Å². The average molecular weight is 238 g/mol. The van der Waals surface area contributed by atoms with Gasteiger partial charge in [0.15, 0.2) is 0 Å². The second-order valence-corrected chi connectivity index (χ2v) is 2.25. The molecule has 62 valence electrons. The number of fused-ring (bicyclic) bond motifs is 1. The minimum absolute atomic E-state index is 0. The maximum Gasteiger partial charge on any atom is 0.126 e. The maximum absolute atomic E-state index is 5.34. The van der Waals surface area contributed by atoms with Crippen LogP contribution in [0.25, 0.3) is 6.08 Å². The molecule has 0 unspecified atom stereocenters. The molecule has 1 aromatic rings. The number of hydrogen-bond donors (Lipinski definition) is 0. The van der Waals surface area contributed by atoms with Crippen LogP contribution in [0.5, 0.6) is 5.75 Å². The van der Waals surface area contributed by atoms with E-state index in [1.807, 2.05) is 30.3 Å². The Balaban J connectivity index is 0. The Kier molecular flexibility index (Phi) is 9.78. The molecule has 0 bridgehead atoms. The molecule has 1 heterocycles. The van der Waals surface area contributed by atoms with Crippen molar-refractivity contribution in [2.24, 2.45) is 0 Å². The van der Waals surface area contributed by atoms with Gasteiger partial charge in [0.25, 0.3) is 0 Å². The van der Waals surface area contributed by atoms with E-state index in [1.165, 1.54) is 5.56 Å². The number of ether oxygens (including phenoxy) is 1. The van der Waals surface area contributed by atoms with Crippen molar-refractivity contribution in [3.05, 3.63) is 35.9 Å². The molecule has 0 N–H and O–H groups in total. The number of hydrogen-bond acceptors (Lipinski definition) is 1. The molecular weight excluding hydrogens is 230 g/mol. The van der Waals surface area contributed by atoms with Crippen molar-refractivity contribution in [1.82, 2.24) is 0 Å². The van der Waals surface area contributed by atoms with Crippen LogP contribution in [0.1, 0.15) is 5.56 Å². The first-order valence-corrected chi connectivity index (χ1v) is 3.35. The van der Waals surface area contributed by atoms with Crippen molar-refractivity contribution in [3.8, 4) is 5.75 Å². The summed E-state index contributed by atoms with van der Waals surface area (Å²) in [6.45, 7) is 0.705. The Morgan fingerprint density at radius 1 is 1.15 bits per heavy atom. The first kappa shape index (κ1) is 16.0. The van der Waals surface area contributed by atoms with E-state index in [0.29, 0.717) is 6.61 Å². The number of para-hydroxylation sites is 1. The first-order chi connectivity index (χ1) is 4.97. The molecule has 0 fully saturated rings. The summed E-state index contributed by atoms with van der Waals surface area (Å²) in [7, 11) is 0. The fraction of sp³-hybridized carbons (Fsp3) is 0.111. The molecule has 0 spiro atoms. The summed E-state index contributed by atoms with van der Waals surface area (Å²) >= 11 is 0. The van der Waals surface area contributed by atoms with Crippen molar-refractivity contribution in [1.29, 1.82) is 0 Å². The monoisotopic (exact) mass is 238 g/mol. The van der Waals surface area contributed by atoms with Crippen molar-refractivity contribution >= 4 is 46.5 Å². The zero-order valence-corrected chi connectivity index (χ0v) is 11.0. The SMILES string of the molecule is C1=Cc2ccccc2OC1.[Al].[Mg].[Mn]. The van der Waals surface area contributed by atoms with Crippen LogP contribution in [-0.2, 0) is 17.1 Å². The van der Waals surface area contributed by atoms with Crippen LogP contribution < -0.4 is 4.74 Å². The summed E-state index contributed by atoms with van der Waals surface area (Å²) in [5.41, 5.74) is 1.17. The summed E-state index contributed by atoms with van der Waals surface area (Å²) < 4.78 is 5.34. The van der Waals surface area contributed by atoms with Gasteiger partial charge in [0.1, 0.15) is 12.4 Å². The maximum atomic E-state index is 5.34. The standard InChI is InChI=1S/C9H8O.Al.Mg.Mn/c1-2-6-9-8(4-1)5-3-7-10-9;;;/h1-6H,7H2;;;. The summed E-state index contributed by atoms with van der Waals surface area (Å²) in [6, 6.07) is 8.03. The molecule has 0 amide bonds. The third-order valence-electron chi connectivity index (χ3n) is 1.55. The van der Waals surface area contributed by atoms with Crippen molar-refractivity contribution in [3.63, 3.8) is 0 Å². The average Bonchev–Trinajstić information content (AvgIpc) is 2.05. The molecule has 0 aromatic heterocycles. The molecule has 4 heteroatoms. The normalized spacial score (nSPS) is 10.8. The van der Waals surface area contributed by atoms with Crippen LogP contribution in [0.3, 0.4) is 0 Å². The van der Waals surface area contributed by atoms with Gasteiger partial charge in [-0.25, -0.2) is 0 Å². The van der Waals surface area contributed by atoms with Crippen molar-refractivity contribution in [2.45, 2.75) is 0 Å². The largest absolute Gasteiger partial charge is 0.489 e. The summed E-state index contributed by atoms with van der Waals surface area (Å²) in [5, 5.41) is 0. The zero-order valence-electron chi connectivity index (χ0n) is 7.24. The zero-order chi connectivity index (χ0) is 6.81. The minimum Gasteiger partial charge on any atom is -0.489 e. The molecule has 0 atom stereocenters. The van der Waals surface area contributed by atoms with Gasteiger partial charge in [-0.1, -0.05) is 24.3 Å². The van der Waals surface area contributed by atoms with Gasteiger partial charge in [-0.05, 0) is 12.1 Å². The molecule has 1 aromatic carbocycles. The third kappa shape index (κ3) is 4.08. The second kappa shape index (κ2) is 7.93. The van der Waals surface area contributed by atoms with Crippen LogP contribution in [0.15, 0.2) is 30.3 Å². The van der Waals surface area contributed by atoms with E-state index in [4.69, 9.17) is 4.74 Å². The Morgan fingerprint density at radius 2 is 1.85 bits per heavy atom. The third-order valence-corrected chi connectivity index (χ3v) is 1.55. The van der Waals surface area contributed by atoms with Gasteiger partial charge < -0.3 is 4.74 Å². The molecule has 0 aliphatic carbocycles. The topological polar surface area (TPSA) is 9.23 Å². The van der Waals surface area contributed by atoms with Gasteiger partial charge in [-0.3, -0.25) is 0 Å². The van der Waals surface area contributed by atoms with Crippen LogP contribution >= 0.6 is 0 Å². The van der Waals surface area contributed by atoms with E-state index >= 15 is 0 Å². The summed E-state index contributed by atoms with van der Waals surface area (Å²) in [4.78, 5) is 0.